The molecule has 0 radical (unpaired) electrons. The summed E-state index contributed by atoms with van der Waals surface area (Å²) in [6.45, 7) is 6.31. The lowest BCUT2D eigenvalue weighted by Crippen LogP contribution is -2.57. The van der Waals surface area contributed by atoms with E-state index in [0.29, 0.717) is 16.8 Å². The minimum atomic E-state index is -0.347. The fourth-order valence-electron chi connectivity index (χ4n) is 3.77. The molecule has 1 N–H and O–H groups in total. The molecule has 0 bridgehead atoms. The molecule has 0 spiro atoms. The molecule has 3 rings (SSSR count). The van der Waals surface area contributed by atoms with E-state index in [4.69, 9.17) is 10.00 Å². The lowest BCUT2D eigenvalue weighted by molar-refractivity contribution is -0.121. The predicted octanol–water partition coefficient (Wildman–Crippen LogP) is 2.88. The number of anilines is 2. The smallest absolute Gasteiger partial charge is 0.337 e. The van der Waals surface area contributed by atoms with Crippen molar-refractivity contribution in [1.82, 2.24) is 4.90 Å². The summed E-state index contributed by atoms with van der Waals surface area (Å²) in [5.41, 5.74) is 2.71. The second kappa shape index (κ2) is 9.42. The van der Waals surface area contributed by atoms with Gasteiger partial charge in [-0.1, -0.05) is 6.07 Å². The third-order valence-corrected chi connectivity index (χ3v) is 5.47. The zero-order valence-electron chi connectivity index (χ0n) is 17.5. The molecule has 2 atom stereocenters. The standard InChI is InChI=1S/C23H26N4O3/c1-16-15-26(21-9-7-19(8-10-21)23(29)30-3)11-12-27(16)17(2)22(28)25-20-6-4-5-18(13-20)14-24/h4-10,13,16-17H,11-12,15H2,1-3H3,(H,25,28). The second-order valence-corrected chi connectivity index (χ2v) is 7.43. The number of nitrogens with one attached hydrogen (secondary N) is 1. The summed E-state index contributed by atoms with van der Waals surface area (Å²) < 4.78 is 4.74. The quantitative estimate of drug-likeness (QED) is 0.769. The van der Waals surface area contributed by atoms with E-state index >= 15 is 0 Å². The van der Waals surface area contributed by atoms with Crippen molar-refractivity contribution in [2.24, 2.45) is 0 Å². The minimum absolute atomic E-state index is 0.0900. The molecule has 1 heterocycles. The highest BCUT2D eigenvalue weighted by atomic mass is 16.5. The molecule has 7 nitrogen and oxygen atoms in total. The lowest BCUT2D eigenvalue weighted by Gasteiger charge is -2.43. The van der Waals surface area contributed by atoms with Crippen molar-refractivity contribution in [1.29, 1.82) is 5.26 Å². The third-order valence-electron chi connectivity index (χ3n) is 5.47. The summed E-state index contributed by atoms with van der Waals surface area (Å²) in [5, 5.41) is 11.9. The van der Waals surface area contributed by atoms with Crippen LogP contribution in [0.4, 0.5) is 11.4 Å². The largest absolute Gasteiger partial charge is 0.465 e. The van der Waals surface area contributed by atoms with Gasteiger partial charge in [0.05, 0.1) is 30.3 Å². The molecule has 156 valence electrons. The highest BCUT2D eigenvalue weighted by Crippen LogP contribution is 2.22. The number of amides is 1. The molecule has 7 heteroatoms. The summed E-state index contributed by atoms with van der Waals surface area (Å²) in [6, 6.07) is 16.3. The Balaban J connectivity index is 1.61. The molecule has 1 fully saturated rings. The number of carbonyl (C=O) groups is 2. The summed E-state index contributed by atoms with van der Waals surface area (Å²) in [7, 11) is 1.37. The first-order chi connectivity index (χ1) is 14.4. The second-order valence-electron chi connectivity index (χ2n) is 7.43. The van der Waals surface area contributed by atoms with E-state index in [1.54, 1.807) is 36.4 Å². The van der Waals surface area contributed by atoms with Gasteiger partial charge in [-0.2, -0.15) is 5.26 Å². The summed E-state index contributed by atoms with van der Waals surface area (Å²) in [5.74, 6) is -0.437. The number of nitrogens with zero attached hydrogens (tertiary/aromatic N) is 3. The number of nitriles is 1. The number of methoxy groups -OCH3 is 1. The molecule has 30 heavy (non-hydrogen) atoms. The van der Waals surface area contributed by atoms with Crippen LogP contribution >= 0.6 is 0 Å². The van der Waals surface area contributed by atoms with Crippen molar-refractivity contribution >= 4 is 23.3 Å². The van der Waals surface area contributed by atoms with Crippen LogP contribution in [0.2, 0.25) is 0 Å². The van der Waals surface area contributed by atoms with Crippen LogP contribution in [0.1, 0.15) is 29.8 Å². The van der Waals surface area contributed by atoms with Gasteiger partial charge in [0.25, 0.3) is 0 Å². The number of esters is 1. The molecule has 0 saturated carbocycles. The average Bonchev–Trinajstić information content (AvgIpc) is 2.78. The maximum atomic E-state index is 12.7. The molecule has 2 aromatic carbocycles. The van der Waals surface area contributed by atoms with Crippen LogP contribution in [0.15, 0.2) is 48.5 Å². The first-order valence-corrected chi connectivity index (χ1v) is 9.93. The van der Waals surface area contributed by atoms with Gasteiger partial charge in [0, 0.05) is 37.1 Å². The maximum absolute atomic E-state index is 12.7. The molecule has 0 aliphatic carbocycles. The number of rotatable bonds is 5. The van der Waals surface area contributed by atoms with E-state index in [2.05, 4.69) is 28.1 Å². The third kappa shape index (κ3) is 4.78. The van der Waals surface area contributed by atoms with E-state index in [1.807, 2.05) is 19.1 Å². The molecule has 1 saturated heterocycles. The zero-order valence-corrected chi connectivity index (χ0v) is 17.5. The first-order valence-electron chi connectivity index (χ1n) is 9.93. The van der Waals surface area contributed by atoms with Crippen LogP contribution in [0.3, 0.4) is 0 Å². The molecule has 0 aromatic heterocycles. The van der Waals surface area contributed by atoms with Crippen molar-refractivity contribution in [3.63, 3.8) is 0 Å². The van der Waals surface area contributed by atoms with Crippen molar-refractivity contribution in [3.05, 3.63) is 59.7 Å². The lowest BCUT2D eigenvalue weighted by atomic mass is 10.1. The first kappa shape index (κ1) is 21.3. The van der Waals surface area contributed by atoms with Gasteiger partial charge in [-0.15, -0.1) is 0 Å². The number of hydrogen-bond donors (Lipinski definition) is 1. The van der Waals surface area contributed by atoms with Crippen LogP contribution in [-0.4, -0.2) is 55.6 Å². The zero-order chi connectivity index (χ0) is 21.7. The van der Waals surface area contributed by atoms with E-state index in [-0.39, 0.29) is 24.0 Å². The van der Waals surface area contributed by atoms with Crippen molar-refractivity contribution < 1.29 is 14.3 Å². The maximum Gasteiger partial charge on any atom is 0.337 e. The molecule has 1 aliphatic heterocycles. The van der Waals surface area contributed by atoms with Crippen LogP contribution in [-0.2, 0) is 9.53 Å². The Morgan fingerprint density at radius 1 is 1.20 bits per heavy atom. The summed E-state index contributed by atoms with van der Waals surface area (Å²) >= 11 is 0. The molecule has 2 aromatic rings. The Morgan fingerprint density at radius 2 is 1.93 bits per heavy atom. The van der Waals surface area contributed by atoms with Crippen LogP contribution in [0.25, 0.3) is 0 Å². The monoisotopic (exact) mass is 406 g/mol. The van der Waals surface area contributed by atoms with Gasteiger partial charge >= 0.3 is 5.97 Å². The number of carbonyl (C=O) groups excluding carboxylic acids is 2. The van der Waals surface area contributed by atoms with E-state index < -0.39 is 0 Å². The summed E-state index contributed by atoms with van der Waals surface area (Å²) in [4.78, 5) is 28.8. The number of hydrogen-bond acceptors (Lipinski definition) is 6. The van der Waals surface area contributed by atoms with Crippen LogP contribution < -0.4 is 10.2 Å². The van der Waals surface area contributed by atoms with E-state index in [1.165, 1.54) is 7.11 Å². The highest BCUT2D eigenvalue weighted by Gasteiger charge is 2.31. The highest BCUT2D eigenvalue weighted by molar-refractivity contribution is 5.94. The van der Waals surface area contributed by atoms with Gasteiger partial charge in [0.2, 0.25) is 5.91 Å². The predicted molar refractivity (Wildman–Crippen MR) is 115 cm³/mol. The van der Waals surface area contributed by atoms with Gasteiger partial charge < -0.3 is 15.0 Å². The SMILES string of the molecule is COC(=O)c1ccc(N2CCN(C(C)C(=O)Nc3cccc(C#N)c3)C(C)C2)cc1. The number of benzene rings is 2. The minimum Gasteiger partial charge on any atom is -0.465 e. The molecule has 1 aliphatic rings. The fraction of sp³-hybridized carbons (Fsp3) is 0.348. The van der Waals surface area contributed by atoms with Gasteiger partial charge in [0.15, 0.2) is 0 Å². The van der Waals surface area contributed by atoms with E-state index in [9.17, 15) is 9.59 Å². The topological polar surface area (TPSA) is 85.7 Å². The Morgan fingerprint density at radius 3 is 2.57 bits per heavy atom. The molecule has 2 unspecified atom stereocenters. The number of piperazine rings is 1. The van der Waals surface area contributed by atoms with Crippen LogP contribution in [0.5, 0.6) is 0 Å². The Hall–Kier alpha value is -3.37. The average molecular weight is 406 g/mol. The van der Waals surface area contributed by atoms with Crippen molar-refractivity contribution in [2.45, 2.75) is 25.9 Å². The van der Waals surface area contributed by atoms with Crippen molar-refractivity contribution in [2.75, 3.05) is 37.0 Å². The number of ether oxygens (including phenoxy) is 1. The molecule has 1 amide bonds. The van der Waals surface area contributed by atoms with Gasteiger partial charge in [-0.05, 0) is 56.3 Å². The normalized spacial score (nSPS) is 17.7. The fourth-order valence-corrected chi connectivity index (χ4v) is 3.77. The van der Waals surface area contributed by atoms with Crippen LogP contribution in [0, 0.1) is 11.3 Å². The van der Waals surface area contributed by atoms with Gasteiger partial charge in [-0.3, -0.25) is 9.69 Å². The van der Waals surface area contributed by atoms with Crippen molar-refractivity contribution in [3.8, 4) is 6.07 Å². The molecular formula is C23H26N4O3. The van der Waals surface area contributed by atoms with E-state index in [0.717, 1.165) is 25.3 Å². The van der Waals surface area contributed by atoms with Gasteiger partial charge in [-0.25, -0.2) is 4.79 Å². The van der Waals surface area contributed by atoms with Gasteiger partial charge in [0.1, 0.15) is 0 Å². The Kier molecular flexibility index (Phi) is 6.70. The summed E-state index contributed by atoms with van der Waals surface area (Å²) in [6.07, 6.45) is 0. The Bertz CT molecular complexity index is 952. The Labute approximate surface area is 176 Å². The molecular weight excluding hydrogens is 380 g/mol.